The van der Waals surface area contributed by atoms with Crippen LogP contribution in [-0.4, -0.2) is 15.8 Å². The van der Waals surface area contributed by atoms with E-state index < -0.39 is 0 Å². The van der Waals surface area contributed by atoms with Crippen LogP contribution in [0.1, 0.15) is 25.1 Å². The highest BCUT2D eigenvalue weighted by Gasteiger charge is 2.14. The maximum atomic E-state index is 4.55. The van der Waals surface area contributed by atoms with E-state index in [0.717, 1.165) is 16.7 Å². The van der Waals surface area contributed by atoms with Crippen LogP contribution in [0.5, 0.6) is 0 Å². The maximum Gasteiger partial charge on any atom is 0.103 e. The molecule has 0 atom stereocenters. The molecule has 1 aromatic heterocycles. The molecule has 0 saturated carbocycles. The summed E-state index contributed by atoms with van der Waals surface area (Å²) in [5.74, 6) is 0. The molecule has 0 radical (unpaired) electrons. The van der Waals surface area contributed by atoms with Crippen molar-refractivity contribution >= 4 is 27.7 Å². The lowest BCUT2D eigenvalue weighted by atomic mass is 10.2. The summed E-state index contributed by atoms with van der Waals surface area (Å²) in [6.45, 7) is 7.25. The number of hydrogen-bond acceptors (Lipinski definition) is 3. The molecule has 0 amide bonds. The first-order valence-electron chi connectivity index (χ1n) is 6.66. The zero-order chi connectivity index (χ0) is 14.7. The fraction of sp³-hybridized carbons (Fsp3) is 0.400. The highest BCUT2D eigenvalue weighted by Crippen LogP contribution is 2.32. The summed E-state index contributed by atoms with van der Waals surface area (Å²) in [5, 5.41) is 9.23. The first kappa shape index (κ1) is 15.6. The van der Waals surface area contributed by atoms with Crippen molar-refractivity contribution in [1.82, 2.24) is 15.1 Å². The van der Waals surface area contributed by atoms with Crippen LogP contribution in [0, 0.1) is 6.92 Å². The second-order valence-electron chi connectivity index (χ2n) is 5.09. The first-order chi connectivity index (χ1) is 9.47. The van der Waals surface area contributed by atoms with Gasteiger partial charge >= 0.3 is 0 Å². The monoisotopic (exact) mass is 353 g/mol. The fourth-order valence-electron chi connectivity index (χ4n) is 1.96. The van der Waals surface area contributed by atoms with Crippen molar-refractivity contribution in [3.63, 3.8) is 0 Å². The summed E-state index contributed by atoms with van der Waals surface area (Å²) in [6, 6.07) is 8.82. The third-order valence-corrected chi connectivity index (χ3v) is 4.67. The van der Waals surface area contributed by atoms with Gasteiger partial charge in [-0.3, -0.25) is 4.68 Å². The van der Waals surface area contributed by atoms with Crippen LogP contribution in [0.4, 0.5) is 0 Å². The third-order valence-electron chi connectivity index (χ3n) is 2.99. The Morgan fingerprint density at radius 3 is 2.80 bits per heavy atom. The minimum Gasteiger partial charge on any atom is -0.310 e. The van der Waals surface area contributed by atoms with E-state index in [9.17, 15) is 0 Å². The topological polar surface area (TPSA) is 29.9 Å². The van der Waals surface area contributed by atoms with Crippen molar-refractivity contribution in [2.45, 2.75) is 43.3 Å². The van der Waals surface area contributed by atoms with Crippen LogP contribution in [0.25, 0.3) is 0 Å². The molecule has 0 bridgehead atoms. The van der Waals surface area contributed by atoms with Gasteiger partial charge in [-0.25, -0.2) is 0 Å². The molecule has 0 aliphatic carbocycles. The summed E-state index contributed by atoms with van der Waals surface area (Å²) < 4.78 is 3.07. The van der Waals surface area contributed by atoms with E-state index >= 15 is 0 Å². The zero-order valence-corrected chi connectivity index (χ0v) is 14.7. The van der Waals surface area contributed by atoms with Gasteiger partial charge in [-0.05, 0) is 25.1 Å². The quantitative estimate of drug-likeness (QED) is 0.875. The van der Waals surface area contributed by atoms with Gasteiger partial charge in [0.2, 0.25) is 0 Å². The van der Waals surface area contributed by atoms with E-state index in [0.29, 0.717) is 6.04 Å². The number of rotatable bonds is 5. The van der Waals surface area contributed by atoms with Gasteiger partial charge in [-0.15, -0.1) is 0 Å². The third kappa shape index (κ3) is 3.87. The molecule has 0 fully saturated rings. The van der Waals surface area contributed by atoms with Crippen molar-refractivity contribution in [2.75, 3.05) is 0 Å². The Morgan fingerprint density at radius 1 is 1.40 bits per heavy atom. The van der Waals surface area contributed by atoms with Gasteiger partial charge < -0.3 is 5.32 Å². The van der Waals surface area contributed by atoms with Gasteiger partial charge in [0.05, 0.1) is 5.69 Å². The zero-order valence-electron chi connectivity index (χ0n) is 12.3. The fourth-order valence-corrected chi connectivity index (χ4v) is 3.58. The minimum absolute atomic E-state index is 0.471. The Bertz CT molecular complexity index is 593. The van der Waals surface area contributed by atoms with Crippen LogP contribution in [-0.2, 0) is 13.6 Å². The van der Waals surface area contributed by atoms with Crippen LogP contribution < -0.4 is 5.32 Å². The van der Waals surface area contributed by atoms with E-state index in [1.807, 2.05) is 17.8 Å². The molecule has 5 heteroatoms. The summed E-state index contributed by atoms with van der Waals surface area (Å²) in [6.07, 6.45) is 0. The lowest BCUT2D eigenvalue weighted by Crippen LogP contribution is -2.22. The van der Waals surface area contributed by atoms with Gasteiger partial charge in [0, 0.05) is 34.6 Å². The van der Waals surface area contributed by atoms with Crippen molar-refractivity contribution in [1.29, 1.82) is 0 Å². The molecule has 0 aliphatic rings. The van der Waals surface area contributed by atoms with Crippen LogP contribution in [0.15, 0.2) is 38.7 Å². The molecule has 20 heavy (non-hydrogen) atoms. The average molecular weight is 354 g/mol. The second kappa shape index (κ2) is 6.78. The minimum atomic E-state index is 0.471. The van der Waals surface area contributed by atoms with Crippen LogP contribution >= 0.6 is 27.7 Å². The van der Waals surface area contributed by atoms with E-state index in [4.69, 9.17) is 0 Å². The van der Waals surface area contributed by atoms with Crippen molar-refractivity contribution in [3.05, 3.63) is 40.0 Å². The van der Waals surface area contributed by atoms with Crippen molar-refractivity contribution in [3.8, 4) is 0 Å². The maximum absolute atomic E-state index is 4.55. The molecule has 2 aromatic rings. The smallest absolute Gasteiger partial charge is 0.103 e. The van der Waals surface area contributed by atoms with Gasteiger partial charge in [-0.1, -0.05) is 47.6 Å². The molecule has 108 valence electrons. The lowest BCUT2D eigenvalue weighted by molar-refractivity contribution is 0.580. The molecule has 0 spiro atoms. The Labute approximate surface area is 133 Å². The molecular formula is C15H20BrN3S. The number of halogens is 1. The van der Waals surface area contributed by atoms with Gasteiger partial charge in [0.25, 0.3) is 0 Å². The van der Waals surface area contributed by atoms with E-state index in [2.05, 4.69) is 65.3 Å². The highest BCUT2D eigenvalue weighted by molar-refractivity contribution is 9.10. The number of benzene rings is 1. The number of nitrogens with one attached hydrogen (secondary N) is 1. The number of aryl methyl sites for hydroxylation is 2. The van der Waals surface area contributed by atoms with Crippen molar-refractivity contribution < 1.29 is 0 Å². The Balaban J connectivity index is 2.26. The van der Waals surface area contributed by atoms with E-state index in [1.165, 1.54) is 15.5 Å². The molecule has 1 aromatic carbocycles. The molecule has 2 rings (SSSR count). The number of aromatic nitrogens is 2. The number of hydrogen-bond donors (Lipinski definition) is 1. The van der Waals surface area contributed by atoms with Crippen LogP contribution in [0.2, 0.25) is 0 Å². The lowest BCUT2D eigenvalue weighted by Gasteiger charge is -2.10. The van der Waals surface area contributed by atoms with E-state index in [-0.39, 0.29) is 0 Å². The Kier molecular flexibility index (Phi) is 5.29. The number of nitrogens with zero attached hydrogens (tertiary/aromatic N) is 2. The van der Waals surface area contributed by atoms with Gasteiger partial charge in [0.15, 0.2) is 0 Å². The van der Waals surface area contributed by atoms with Gasteiger partial charge in [-0.2, -0.15) is 5.10 Å². The molecular weight excluding hydrogens is 334 g/mol. The predicted molar refractivity (Wildman–Crippen MR) is 88.2 cm³/mol. The molecule has 1 N–H and O–H groups in total. The Hall–Kier alpha value is -0.780. The normalized spacial score (nSPS) is 11.3. The van der Waals surface area contributed by atoms with Crippen molar-refractivity contribution in [2.24, 2.45) is 7.05 Å². The molecule has 0 unspecified atom stereocenters. The highest BCUT2D eigenvalue weighted by atomic mass is 79.9. The molecule has 0 aliphatic heterocycles. The van der Waals surface area contributed by atoms with E-state index in [1.54, 1.807) is 11.8 Å². The second-order valence-corrected chi connectivity index (χ2v) is 7.07. The molecule has 1 heterocycles. The van der Waals surface area contributed by atoms with Gasteiger partial charge in [0.1, 0.15) is 5.03 Å². The molecule has 3 nitrogen and oxygen atoms in total. The predicted octanol–water partition coefficient (Wildman–Crippen LogP) is 4.14. The summed E-state index contributed by atoms with van der Waals surface area (Å²) >= 11 is 5.28. The summed E-state index contributed by atoms with van der Waals surface area (Å²) in [5.41, 5.74) is 2.38. The average Bonchev–Trinajstić information content (AvgIpc) is 2.62. The Morgan fingerprint density at radius 2 is 2.15 bits per heavy atom. The van der Waals surface area contributed by atoms with Crippen LogP contribution in [0.3, 0.4) is 0 Å². The summed E-state index contributed by atoms with van der Waals surface area (Å²) in [7, 11) is 2.01. The SMILES string of the molecule is Cc1nn(C)c(Sc2cccc(Br)c2)c1CNC(C)C. The first-order valence-corrected chi connectivity index (χ1v) is 8.27. The standard InChI is InChI=1S/C15H20BrN3S/c1-10(2)17-9-14-11(3)18-19(4)15(14)20-13-7-5-6-12(16)8-13/h5-8,10,17H,9H2,1-4H3. The molecule has 0 saturated heterocycles. The summed E-state index contributed by atoms with van der Waals surface area (Å²) in [4.78, 5) is 1.22. The largest absolute Gasteiger partial charge is 0.310 e.